The first-order valence-corrected chi connectivity index (χ1v) is 5.85. The van der Waals surface area contributed by atoms with E-state index < -0.39 is 0 Å². The molecule has 1 unspecified atom stereocenters. The van der Waals surface area contributed by atoms with Crippen molar-refractivity contribution in [3.8, 4) is 0 Å². The van der Waals surface area contributed by atoms with Gasteiger partial charge in [-0.1, -0.05) is 0 Å². The van der Waals surface area contributed by atoms with Crippen molar-refractivity contribution >= 4 is 28.7 Å². The number of rotatable bonds is 6. The van der Waals surface area contributed by atoms with Crippen LogP contribution in [0.3, 0.4) is 0 Å². The number of methoxy groups -OCH3 is 1. The number of allylic oxidation sites excluding steroid dienone is 1. The molecule has 79 valence electrons. The first kappa shape index (κ1) is 14.0. The van der Waals surface area contributed by atoms with Gasteiger partial charge in [-0.25, -0.2) is 0 Å². The topological polar surface area (TPSA) is 35.5 Å². The average molecular weight is 304 g/mol. The molecule has 14 heavy (non-hydrogen) atoms. The van der Waals surface area contributed by atoms with Gasteiger partial charge in [-0.2, -0.15) is 0 Å². The van der Waals surface area contributed by atoms with Crippen LogP contribution in [0.25, 0.3) is 0 Å². The van der Waals surface area contributed by atoms with Crippen LogP contribution in [0.2, 0.25) is 0 Å². The number of ketones is 1. The van der Waals surface area contributed by atoms with E-state index in [-0.39, 0.29) is 17.8 Å². The molecular formula is C10H17O3Sn. The Labute approximate surface area is 99.5 Å². The molecule has 1 atom stereocenters. The zero-order chi connectivity index (χ0) is 11.1. The van der Waals surface area contributed by atoms with Gasteiger partial charge < -0.3 is 0 Å². The Bertz CT molecular complexity index is 207. The van der Waals surface area contributed by atoms with Gasteiger partial charge in [0.25, 0.3) is 0 Å². The summed E-state index contributed by atoms with van der Waals surface area (Å²) in [5.74, 6) is 0.732. The number of carbonyl (C=O) groups is 1. The number of ether oxygens (including phenoxy) is 1. The SMILES string of the molecule is CCC(OC)/C(=C/C(=O)C(C)C)[O][Sn]. The van der Waals surface area contributed by atoms with E-state index in [4.69, 9.17) is 7.81 Å². The molecule has 0 aromatic carbocycles. The van der Waals surface area contributed by atoms with Crippen molar-refractivity contribution in [3.63, 3.8) is 0 Å². The summed E-state index contributed by atoms with van der Waals surface area (Å²) in [6.45, 7) is 5.73. The minimum atomic E-state index is -0.100. The van der Waals surface area contributed by atoms with Gasteiger partial charge in [-0.3, -0.25) is 0 Å². The summed E-state index contributed by atoms with van der Waals surface area (Å²) < 4.78 is 10.4. The summed E-state index contributed by atoms with van der Waals surface area (Å²) in [6.07, 6.45) is 2.26. The van der Waals surface area contributed by atoms with Crippen LogP contribution in [0.1, 0.15) is 27.2 Å². The number of hydrogen-bond acceptors (Lipinski definition) is 3. The third kappa shape index (κ3) is 4.46. The second-order valence-electron chi connectivity index (χ2n) is 3.34. The molecule has 0 aromatic rings. The van der Waals surface area contributed by atoms with Crippen LogP contribution < -0.4 is 0 Å². The van der Waals surface area contributed by atoms with Gasteiger partial charge in [0.05, 0.1) is 0 Å². The Hall–Kier alpha value is -0.0313. The van der Waals surface area contributed by atoms with Crippen molar-refractivity contribution in [3.05, 3.63) is 11.8 Å². The van der Waals surface area contributed by atoms with E-state index in [0.717, 1.165) is 29.4 Å². The van der Waals surface area contributed by atoms with Crippen molar-refractivity contribution in [1.82, 2.24) is 0 Å². The van der Waals surface area contributed by atoms with Crippen molar-refractivity contribution < 1.29 is 12.6 Å². The maximum absolute atomic E-state index is 11.4. The second-order valence-corrected chi connectivity index (χ2v) is 3.92. The molecule has 0 aliphatic carbocycles. The fourth-order valence-corrected chi connectivity index (χ4v) is 1.52. The molecule has 0 spiro atoms. The molecule has 0 saturated heterocycles. The van der Waals surface area contributed by atoms with Gasteiger partial charge in [0, 0.05) is 0 Å². The summed E-state index contributed by atoms with van der Waals surface area (Å²) in [4.78, 5) is 11.4. The van der Waals surface area contributed by atoms with E-state index in [1.165, 1.54) is 0 Å². The third-order valence-electron chi connectivity index (χ3n) is 1.94. The molecule has 3 nitrogen and oxygen atoms in total. The van der Waals surface area contributed by atoms with E-state index >= 15 is 0 Å². The molecule has 3 radical (unpaired) electrons. The van der Waals surface area contributed by atoms with Crippen LogP contribution in [0, 0.1) is 5.92 Å². The molecule has 0 aliphatic rings. The van der Waals surface area contributed by atoms with Crippen LogP contribution in [-0.2, 0) is 12.6 Å². The molecule has 0 heterocycles. The Morgan fingerprint density at radius 2 is 2.07 bits per heavy atom. The number of hydrogen-bond donors (Lipinski definition) is 0. The van der Waals surface area contributed by atoms with Gasteiger partial charge in [0.2, 0.25) is 0 Å². The molecule has 0 aromatic heterocycles. The van der Waals surface area contributed by atoms with Gasteiger partial charge >= 0.3 is 99.5 Å². The fraction of sp³-hybridized carbons (Fsp3) is 0.700. The Balaban J connectivity index is 4.60. The van der Waals surface area contributed by atoms with Crippen LogP contribution in [-0.4, -0.2) is 41.9 Å². The van der Waals surface area contributed by atoms with Gasteiger partial charge in [-0.05, 0) is 0 Å². The van der Waals surface area contributed by atoms with Crippen LogP contribution in [0.4, 0.5) is 0 Å². The van der Waals surface area contributed by atoms with Crippen molar-refractivity contribution in [2.24, 2.45) is 5.92 Å². The fourth-order valence-electron chi connectivity index (χ4n) is 0.979. The molecule has 0 saturated carbocycles. The molecule has 0 fully saturated rings. The van der Waals surface area contributed by atoms with E-state index in [9.17, 15) is 4.79 Å². The van der Waals surface area contributed by atoms with E-state index in [1.807, 2.05) is 20.8 Å². The second kappa shape index (κ2) is 7.29. The third-order valence-corrected chi connectivity index (χ3v) is 2.62. The predicted molar refractivity (Wildman–Crippen MR) is 55.9 cm³/mol. The van der Waals surface area contributed by atoms with Crippen molar-refractivity contribution in [2.75, 3.05) is 7.11 Å². The Kier molecular flexibility index (Phi) is 7.27. The molecule has 0 N–H and O–H groups in total. The number of carbonyl (C=O) groups excluding carboxylic acids is 1. The van der Waals surface area contributed by atoms with Crippen LogP contribution >= 0.6 is 0 Å². The van der Waals surface area contributed by atoms with E-state index in [1.54, 1.807) is 13.2 Å². The Morgan fingerprint density at radius 1 is 1.50 bits per heavy atom. The molecule has 0 bridgehead atoms. The first-order valence-electron chi connectivity index (χ1n) is 4.68. The first-order chi connectivity index (χ1) is 6.56. The predicted octanol–water partition coefficient (Wildman–Crippen LogP) is 1.62. The molecule has 0 amide bonds. The molecule has 0 aliphatic heterocycles. The minimum absolute atomic E-state index is 0.00492. The molecule has 4 heteroatoms. The normalized spacial score (nSPS) is 14.3. The van der Waals surface area contributed by atoms with Gasteiger partial charge in [-0.15, -0.1) is 0 Å². The summed E-state index contributed by atoms with van der Waals surface area (Å²) in [5.41, 5.74) is 0. The quantitative estimate of drug-likeness (QED) is 0.425. The Morgan fingerprint density at radius 3 is 2.36 bits per heavy atom. The zero-order valence-electron chi connectivity index (χ0n) is 9.16. The summed E-state index contributed by atoms with van der Waals surface area (Å²) >= 11 is 0.924. The molecule has 0 rings (SSSR count). The maximum atomic E-state index is 11.4. The van der Waals surface area contributed by atoms with Crippen molar-refractivity contribution in [1.29, 1.82) is 0 Å². The standard InChI is InChI=1S/C10H18O3.Sn/c1-5-10(13-4)9(12)6-8(11)7(2)3;/h6-7,10,12H,5H2,1-4H3;/q;+1/p-1/b9-6-;. The summed E-state index contributed by atoms with van der Waals surface area (Å²) in [5, 5.41) is 0. The summed E-state index contributed by atoms with van der Waals surface area (Å²) in [7, 11) is 1.62. The van der Waals surface area contributed by atoms with Gasteiger partial charge in [0.15, 0.2) is 0 Å². The van der Waals surface area contributed by atoms with E-state index in [2.05, 4.69) is 0 Å². The van der Waals surface area contributed by atoms with Gasteiger partial charge in [0.1, 0.15) is 0 Å². The van der Waals surface area contributed by atoms with E-state index in [0.29, 0.717) is 5.76 Å². The van der Waals surface area contributed by atoms with Crippen molar-refractivity contribution in [2.45, 2.75) is 33.3 Å². The average Bonchev–Trinajstić information content (AvgIpc) is 2.17. The van der Waals surface area contributed by atoms with Crippen LogP contribution in [0.5, 0.6) is 0 Å². The zero-order valence-corrected chi connectivity index (χ0v) is 12.0. The molecular weight excluding hydrogens is 287 g/mol. The van der Waals surface area contributed by atoms with Crippen LogP contribution in [0.15, 0.2) is 11.8 Å². The monoisotopic (exact) mass is 305 g/mol. The summed E-state index contributed by atoms with van der Waals surface area (Å²) in [6, 6.07) is 0.